The van der Waals surface area contributed by atoms with Crippen LogP contribution in [0.1, 0.15) is 23.9 Å². The molecule has 0 saturated carbocycles. The zero-order valence-corrected chi connectivity index (χ0v) is 16.9. The van der Waals surface area contributed by atoms with E-state index < -0.39 is 0 Å². The number of nitrogens with zero attached hydrogens (tertiary/aromatic N) is 2. The fraction of sp³-hybridized carbons (Fsp3) is 0.200. The van der Waals surface area contributed by atoms with Crippen LogP contribution >= 0.6 is 22.6 Å². The molecule has 3 rings (SSSR count). The minimum Gasteiger partial charge on any atom is -0.492 e. The lowest BCUT2D eigenvalue weighted by atomic mass is 10.1. The highest BCUT2D eigenvalue weighted by molar-refractivity contribution is 14.1. The van der Waals surface area contributed by atoms with Gasteiger partial charge < -0.3 is 14.5 Å². The number of allylic oxidation sites excluding steroid dienone is 1. The van der Waals surface area contributed by atoms with Crippen molar-refractivity contribution >= 4 is 45.3 Å². The Hall–Kier alpha value is -2.53. The van der Waals surface area contributed by atoms with Crippen LogP contribution in [-0.2, 0) is 0 Å². The van der Waals surface area contributed by atoms with E-state index in [1.165, 1.54) is 0 Å². The van der Waals surface area contributed by atoms with Gasteiger partial charge in [0.1, 0.15) is 11.9 Å². The predicted octanol–water partition coefficient (Wildman–Crippen LogP) is 4.95. The maximum atomic E-state index is 9.63. The molecule has 1 heterocycles. The SMILES string of the molecule is CCOc1cc(/C=C(\C#N)c2nc3ccc(C)cc3[nH]2)cc(I)c1OC. The van der Waals surface area contributed by atoms with Gasteiger partial charge in [-0.15, -0.1) is 0 Å². The van der Waals surface area contributed by atoms with Crippen molar-refractivity contribution in [3.05, 3.63) is 50.9 Å². The molecular weight excluding hydrogens is 441 g/mol. The number of imidazole rings is 1. The van der Waals surface area contributed by atoms with Gasteiger partial charge in [0.05, 0.1) is 33.9 Å². The first-order valence-electron chi connectivity index (χ1n) is 8.14. The van der Waals surface area contributed by atoms with E-state index >= 15 is 0 Å². The summed E-state index contributed by atoms with van der Waals surface area (Å²) in [6.45, 7) is 4.48. The summed E-state index contributed by atoms with van der Waals surface area (Å²) in [4.78, 5) is 7.76. The van der Waals surface area contributed by atoms with Crippen molar-refractivity contribution in [1.82, 2.24) is 9.97 Å². The van der Waals surface area contributed by atoms with E-state index in [4.69, 9.17) is 9.47 Å². The van der Waals surface area contributed by atoms with Crippen LogP contribution in [-0.4, -0.2) is 23.7 Å². The van der Waals surface area contributed by atoms with E-state index in [2.05, 4.69) is 38.6 Å². The zero-order chi connectivity index (χ0) is 18.7. The number of aromatic amines is 1. The first-order valence-corrected chi connectivity index (χ1v) is 9.22. The zero-order valence-electron chi connectivity index (χ0n) is 14.8. The molecule has 2 aromatic carbocycles. The van der Waals surface area contributed by atoms with Gasteiger partial charge in [-0.3, -0.25) is 0 Å². The molecule has 0 aliphatic carbocycles. The highest BCUT2D eigenvalue weighted by Crippen LogP contribution is 2.35. The van der Waals surface area contributed by atoms with E-state index in [9.17, 15) is 5.26 Å². The molecule has 5 nitrogen and oxygen atoms in total. The third-order valence-electron chi connectivity index (χ3n) is 3.86. The van der Waals surface area contributed by atoms with Crippen LogP contribution in [0.2, 0.25) is 0 Å². The number of methoxy groups -OCH3 is 1. The Labute approximate surface area is 165 Å². The van der Waals surface area contributed by atoms with Gasteiger partial charge >= 0.3 is 0 Å². The molecule has 0 spiro atoms. The first-order chi connectivity index (χ1) is 12.5. The molecule has 1 aromatic heterocycles. The monoisotopic (exact) mass is 459 g/mol. The van der Waals surface area contributed by atoms with E-state index in [1.807, 2.05) is 44.2 Å². The van der Waals surface area contributed by atoms with Crippen LogP contribution in [0, 0.1) is 21.8 Å². The molecule has 0 aliphatic rings. The lowest BCUT2D eigenvalue weighted by Gasteiger charge is -2.12. The predicted molar refractivity (Wildman–Crippen MR) is 111 cm³/mol. The fourth-order valence-corrected chi connectivity index (χ4v) is 3.55. The maximum Gasteiger partial charge on any atom is 0.174 e. The molecule has 1 N–H and O–H groups in total. The number of aromatic nitrogens is 2. The summed E-state index contributed by atoms with van der Waals surface area (Å²) in [5.41, 5.74) is 4.21. The Kier molecular flexibility index (Phi) is 5.47. The van der Waals surface area contributed by atoms with Crippen LogP contribution in [0.3, 0.4) is 0 Å². The number of benzene rings is 2. The van der Waals surface area contributed by atoms with Gasteiger partial charge in [-0.05, 0) is 77.9 Å². The molecule has 0 aliphatic heterocycles. The van der Waals surface area contributed by atoms with Crippen LogP contribution < -0.4 is 9.47 Å². The molecule has 0 amide bonds. The maximum absolute atomic E-state index is 9.63. The lowest BCUT2D eigenvalue weighted by Crippen LogP contribution is -1.98. The number of halogens is 1. The van der Waals surface area contributed by atoms with Crippen LogP contribution in [0.5, 0.6) is 11.5 Å². The molecular formula is C20H18IN3O2. The number of aryl methyl sites for hydroxylation is 1. The average Bonchev–Trinajstić information content (AvgIpc) is 3.02. The molecule has 0 radical (unpaired) electrons. The molecule has 26 heavy (non-hydrogen) atoms. The summed E-state index contributed by atoms with van der Waals surface area (Å²) in [5, 5.41) is 9.63. The molecule has 0 atom stereocenters. The summed E-state index contributed by atoms with van der Waals surface area (Å²) < 4.78 is 12.0. The van der Waals surface area contributed by atoms with Gasteiger partial charge in [0.15, 0.2) is 11.5 Å². The fourth-order valence-electron chi connectivity index (χ4n) is 2.70. The number of ether oxygens (including phenoxy) is 2. The number of rotatable bonds is 5. The van der Waals surface area contributed by atoms with Crippen molar-refractivity contribution in [3.63, 3.8) is 0 Å². The summed E-state index contributed by atoms with van der Waals surface area (Å²) in [5.74, 6) is 1.91. The second-order valence-electron chi connectivity index (χ2n) is 5.74. The van der Waals surface area contributed by atoms with Gasteiger partial charge in [-0.2, -0.15) is 5.26 Å². The minimum atomic E-state index is 0.460. The summed E-state index contributed by atoms with van der Waals surface area (Å²) in [6.07, 6.45) is 1.80. The van der Waals surface area contributed by atoms with E-state index in [1.54, 1.807) is 13.2 Å². The van der Waals surface area contributed by atoms with Gasteiger partial charge in [-0.1, -0.05) is 6.07 Å². The highest BCUT2D eigenvalue weighted by atomic mass is 127. The Morgan fingerprint density at radius 3 is 2.85 bits per heavy atom. The molecule has 0 saturated heterocycles. The van der Waals surface area contributed by atoms with Crippen molar-refractivity contribution in [2.45, 2.75) is 13.8 Å². The molecule has 0 bridgehead atoms. The number of H-pyrrole nitrogens is 1. The average molecular weight is 459 g/mol. The topological polar surface area (TPSA) is 70.9 Å². The quantitative estimate of drug-likeness (QED) is 0.433. The van der Waals surface area contributed by atoms with Crippen LogP contribution in [0.25, 0.3) is 22.7 Å². The molecule has 0 unspecified atom stereocenters. The van der Waals surface area contributed by atoms with E-state index in [0.29, 0.717) is 29.5 Å². The molecule has 0 fully saturated rings. The van der Waals surface area contributed by atoms with Gasteiger partial charge in [0, 0.05) is 0 Å². The van der Waals surface area contributed by atoms with Crippen molar-refractivity contribution in [3.8, 4) is 17.6 Å². The Morgan fingerprint density at radius 1 is 1.35 bits per heavy atom. The van der Waals surface area contributed by atoms with E-state index in [0.717, 1.165) is 25.7 Å². The standard InChI is InChI=1S/C20H18IN3O2/c1-4-26-18-10-13(9-15(21)19(18)25-3)8-14(11-22)20-23-16-6-5-12(2)7-17(16)24-20/h5-10H,4H2,1-3H3,(H,23,24)/b14-8+. The third kappa shape index (κ3) is 3.68. The minimum absolute atomic E-state index is 0.460. The van der Waals surface area contributed by atoms with Crippen molar-refractivity contribution in [2.75, 3.05) is 13.7 Å². The van der Waals surface area contributed by atoms with Crippen molar-refractivity contribution in [2.24, 2.45) is 0 Å². The second-order valence-corrected chi connectivity index (χ2v) is 6.91. The number of hydrogen-bond donors (Lipinski definition) is 1. The summed E-state index contributed by atoms with van der Waals surface area (Å²) in [7, 11) is 1.62. The lowest BCUT2D eigenvalue weighted by molar-refractivity contribution is 0.309. The van der Waals surface area contributed by atoms with Crippen molar-refractivity contribution in [1.29, 1.82) is 5.26 Å². The molecule has 6 heteroatoms. The second kappa shape index (κ2) is 7.79. The Bertz CT molecular complexity index is 1030. The van der Waals surface area contributed by atoms with Gasteiger partial charge in [-0.25, -0.2) is 4.98 Å². The number of fused-ring (bicyclic) bond motifs is 1. The largest absolute Gasteiger partial charge is 0.492 e. The highest BCUT2D eigenvalue weighted by Gasteiger charge is 2.13. The van der Waals surface area contributed by atoms with Gasteiger partial charge in [0.2, 0.25) is 0 Å². The smallest absolute Gasteiger partial charge is 0.174 e. The van der Waals surface area contributed by atoms with Crippen LogP contribution in [0.4, 0.5) is 0 Å². The van der Waals surface area contributed by atoms with Gasteiger partial charge in [0.25, 0.3) is 0 Å². The Balaban J connectivity index is 2.07. The molecule has 132 valence electrons. The Morgan fingerprint density at radius 2 is 2.15 bits per heavy atom. The summed E-state index contributed by atoms with van der Waals surface area (Å²) in [6, 6.07) is 12.0. The number of nitrogens with one attached hydrogen (secondary N) is 1. The van der Waals surface area contributed by atoms with Crippen molar-refractivity contribution < 1.29 is 9.47 Å². The number of hydrogen-bond acceptors (Lipinski definition) is 4. The summed E-state index contributed by atoms with van der Waals surface area (Å²) >= 11 is 2.20. The van der Waals surface area contributed by atoms with Crippen LogP contribution in [0.15, 0.2) is 30.3 Å². The third-order valence-corrected chi connectivity index (χ3v) is 4.66. The number of nitriles is 1. The first kappa shape index (κ1) is 18.3. The molecule has 3 aromatic rings. The normalized spacial score (nSPS) is 11.4. The van der Waals surface area contributed by atoms with E-state index in [-0.39, 0.29) is 0 Å².